The SMILES string of the molecule is CC(C)(C)[Si](OCCC1CO1)(c1ccccc1)c1ccccc1.CC(C)(C)[Si](OCC[C@@H]1CO1)(c1ccccc1)c1ccccc1.CC(C)(C)c1cc(C=N[C@@H]2CCCC[C@H]2N=Cc2cc(C(C)(C)C)cc(C(C)(C)C)c2O)c(O)c(C(C)(C)C)c1.[Co]. The van der Waals surface area contributed by atoms with Gasteiger partial charge in [0.1, 0.15) is 11.5 Å². The van der Waals surface area contributed by atoms with Crippen molar-refractivity contribution < 1.29 is 45.3 Å². The molecule has 2 heterocycles. The molecule has 11 heteroatoms. The third-order valence-electron chi connectivity index (χ3n) is 17.3. The third kappa shape index (κ3) is 18.4. The fraction of sp³-hybridized carbons (Fsp3) is 0.500. The number of nitrogens with zero attached hydrogens (tertiary/aromatic N) is 2. The molecule has 473 valence electrons. The molecule has 0 bridgehead atoms. The van der Waals surface area contributed by atoms with E-state index in [9.17, 15) is 10.2 Å². The molecule has 87 heavy (non-hydrogen) atoms. The number of rotatable bonds is 16. The predicted octanol–water partition coefficient (Wildman–Crippen LogP) is 15.8. The average molecular weight is 1260 g/mol. The van der Waals surface area contributed by atoms with Crippen LogP contribution in [0.15, 0.2) is 156 Å². The van der Waals surface area contributed by atoms with Gasteiger partial charge in [-0.05, 0) is 101 Å². The van der Waals surface area contributed by atoms with Gasteiger partial charge in [-0.1, -0.05) is 271 Å². The molecule has 2 N–H and O–H groups in total. The van der Waals surface area contributed by atoms with Gasteiger partial charge in [-0.2, -0.15) is 0 Å². The van der Waals surface area contributed by atoms with Gasteiger partial charge in [0.15, 0.2) is 0 Å². The smallest absolute Gasteiger partial charge is 0.261 e. The van der Waals surface area contributed by atoms with E-state index in [1.807, 2.05) is 12.4 Å². The van der Waals surface area contributed by atoms with Gasteiger partial charge in [0.25, 0.3) is 16.6 Å². The molecule has 8 nitrogen and oxygen atoms in total. The summed E-state index contributed by atoms with van der Waals surface area (Å²) in [5.41, 5.74) is 5.39. The van der Waals surface area contributed by atoms with Crippen LogP contribution in [-0.2, 0) is 56.8 Å². The quantitative estimate of drug-likeness (QED) is 0.0568. The Bertz CT molecular complexity index is 2860. The molecule has 6 aromatic carbocycles. The Hall–Kier alpha value is -4.96. The molecule has 1 aliphatic carbocycles. The Balaban J connectivity index is 0.000000220. The van der Waals surface area contributed by atoms with Gasteiger partial charge < -0.3 is 28.5 Å². The van der Waals surface area contributed by atoms with Crippen LogP contribution >= 0.6 is 0 Å². The Morgan fingerprint density at radius 3 is 0.943 bits per heavy atom. The molecule has 0 aromatic heterocycles. The average Bonchev–Trinajstić information content (AvgIpc) is 1.06. The van der Waals surface area contributed by atoms with Gasteiger partial charge in [-0.15, -0.1) is 0 Å². The number of hydrogen-bond donors (Lipinski definition) is 2. The van der Waals surface area contributed by atoms with E-state index >= 15 is 0 Å². The van der Waals surface area contributed by atoms with Crippen molar-refractivity contribution in [3.63, 3.8) is 0 Å². The van der Waals surface area contributed by atoms with E-state index in [0.29, 0.717) is 23.7 Å². The van der Waals surface area contributed by atoms with Crippen LogP contribution in [0.25, 0.3) is 0 Å². The topological polar surface area (TPSA) is 109 Å². The summed E-state index contributed by atoms with van der Waals surface area (Å²) in [5, 5.41) is 27.9. The second-order valence-corrected chi connectivity index (χ2v) is 39.0. The van der Waals surface area contributed by atoms with Crippen LogP contribution in [0.3, 0.4) is 0 Å². The number of phenolic OH excluding ortho intramolecular Hbond substituents is 2. The Kier molecular flexibility index (Phi) is 24.0. The van der Waals surface area contributed by atoms with E-state index in [1.165, 1.54) is 31.9 Å². The summed E-state index contributed by atoms with van der Waals surface area (Å²) < 4.78 is 24.3. The van der Waals surface area contributed by atoms with E-state index in [1.54, 1.807) is 0 Å². The molecule has 6 aromatic rings. The second-order valence-electron chi connectivity index (χ2n) is 30.4. The summed E-state index contributed by atoms with van der Waals surface area (Å²) in [7, 11) is -4.69. The zero-order valence-electron chi connectivity index (χ0n) is 56.1. The van der Waals surface area contributed by atoms with E-state index in [0.717, 1.165) is 87.2 Å². The summed E-state index contributed by atoms with van der Waals surface area (Å²) in [4.78, 5) is 10.1. The molecule has 1 saturated carbocycles. The Morgan fingerprint density at radius 1 is 0.437 bits per heavy atom. The molecule has 1 unspecified atom stereocenters. The monoisotopic (exact) mass is 1260 g/mol. The van der Waals surface area contributed by atoms with E-state index in [2.05, 4.69) is 270 Å². The molecule has 3 fully saturated rings. The van der Waals surface area contributed by atoms with Crippen molar-refractivity contribution >= 4 is 49.8 Å². The van der Waals surface area contributed by atoms with E-state index < -0.39 is 16.6 Å². The van der Waals surface area contributed by atoms with Crippen LogP contribution in [0.1, 0.15) is 197 Å². The summed E-state index contributed by atoms with van der Waals surface area (Å²) in [6.07, 6.45) is 10.7. The van der Waals surface area contributed by atoms with E-state index in [-0.39, 0.29) is 60.6 Å². The fourth-order valence-corrected chi connectivity index (χ4v) is 21.2. The number of hydrogen-bond acceptors (Lipinski definition) is 8. The number of epoxide rings is 2. The largest absolute Gasteiger partial charge is 0.507 e. The summed E-state index contributed by atoms with van der Waals surface area (Å²) in [5.74, 6) is 0.637. The van der Waals surface area contributed by atoms with Gasteiger partial charge >= 0.3 is 0 Å². The Morgan fingerprint density at radius 2 is 0.713 bits per heavy atom. The molecule has 1 radical (unpaired) electrons. The molecule has 0 spiro atoms. The first-order valence-corrected chi connectivity index (χ1v) is 35.6. The first-order chi connectivity index (χ1) is 40.3. The van der Waals surface area contributed by atoms with Crippen LogP contribution in [0.5, 0.6) is 11.5 Å². The van der Waals surface area contributed by atoms with E-state index in [4.69, 9.17) is 28.3 Å². The van der Waals surface area contributed by atoms with Gasteiger partial charge in [0.05, 0.1) is 37.5 Å². The maximum Gasteiger partial charge on any atom is 0.261 e. The zero-order valence-corrected chi connectivity index (χ0v) is 59.2. The molecule has 3 aliphatic rings. The minimum absolute atomic E-state index is 0. The van der Waals surface area contributed by atoms with Crippen LogP contribution in [0.4, 0.5) is 0 Å². The van der Waals surface area contributed by atoms with Crippen molar-refractivity contribution in [2.75, 3.05) is 26.4 Å². The third-order valence-corrected chi connectivity index (χ3v) is 27.4. The molecular weight excluding hydrogens is 1150 g/mol. The maximum atomic E-state index is 11.2. The standard InChI is InChI=1S/C36H54N2O2.2C20H26O2Si.Co/c1-33(2,3)25-17-23(31(39)27(19-25)35(7,8)9)21-37-29-15-13-14-16-30(29)38-22-24-18-26(34(4,5)6)20-28(32(24)40)36(10,11)12;2*1-20(2,3)23(18-10-6-4-7-11-18,19-12-8-5-9-13-19)22-15-14-17-16-21-17;/h17-22,29-30,39-40H,13-16H2,1-12H3;2*4-13,17H,14-16H2,1-3H3;/t29-,30-;17-;;/m11../s1. The summed E-state index contributed by atoms with van der Waals surface area (Å²) in [6.45, 7) is 43.2. The van der Waals surface area contributed by atoms with Crippen molar-refractivity contribution in [2.45, 2.75) is 219 Å². The minimum Gasteiger partial charge on any atom is -0.507 e. The number of benzene rings is 6. The number of aliphatic imine (C=N–C) groups is 2. The summed E-state index contributed by atoms with van der Waals surface area (Å²) in [6, 6.07) is 51.7. The molecule has 0 amide bonds. The van der Waals surface area contributed by atoms with Crippen LogP contribution in [0, 0.1) is 0 Å². The molecular formula is C76H106CoN2O6Si2. The number of ether oxygens (including phenoxy) is 2. The molecule has 9 rings (SSSR count). The van der Waals surface area contributed by atoms with Gasteiger partial charge in [0, 0.05) is 64.7 Å². The van der Waals surface area contributed by atoms with Crippen molar-refractivity contribution in [2.24, 2.45) is 9.98 Å². The Labute approximate surface area is 537 Å². The van der Waals surface area contributed by atoms with Gasteiger partial charge in [-0.3, -0.25) is 9.98 Å². The van der Waals surface area contributed by atoms with Crippen molar-refractivity contribution in [3.05, 3.63) is 179 Å². The first kappa shape index (κ1) is 71.1. The van der Waals surface area contributed by atoms with Gasteiger partial charge in [0.2, 0.25) is 0 Å². The minimum atomic E-state index is -2.34. The van der Waals surface area contributed by atoms with Crippen molar-refractivity contribution in [1.29, 1.82) is 0 Å². The van der Waals surface area contributed by atoms with Gasteiger partial charge in [-0.25, -0.2) is 0 Å². The second kappa shape index (κ2) is 29.3. The number of phenols is 2. The zero-order chi connectivity index (χ0) is 62.9. The predicted molar refractivity (Wildman–Crippen MR) is 368 cm³/mol. The van der Waals surface area contributed by atoms with Crippen LogP contribution in [-0.4, -0.2) is 90.0 Å². The summed E-state index contributed by atoms with van der Waals surface area (Å²) >= 11 is 0. The maximum absolute atomic E-state index is 11.2. The molecule has 2 aliphatic heterocycles. The van der Waals surface area contributed by atoms with Crippen LogP contribution in [0.2, 0.25) is 10.1 Å². The number of aromatic hydroxyl groups is 2. The molecule has 2 saturated heterocycles. The molecule has 4 atom stereocenters. The van der Waals surface area contributed by atoms with Crippen LogP contribution < -0.4 is 20.7 Å². The van der Waals surface area contributed by atoms with Crippen molar-refractivity contribution in [1.82, 2.24) is 0 Å². The fourth-order valence-electron chi connectivity index (χ4n) is 12.0. The first-order valence-electron chi connectivity index (χ1n) is 31.8. The van der Waals surface area contributed by atoms with Crippen molar-refractivity contribution in [3.8, 4) is 11.5 Å². The normalized spacial score (nSPS) is 18.5.